The molecule has 2 aliphatic rings. The number of ether oxygens (including phenoxy) is 1. The quantitative estimate of drug-likeness (QED) is 0.761. The Kier molecular flexibility index (Phi) is 4.64. The third-order valence-corrected chi connectivity index (χ3v) is 4.88. The molecule has 2 N–H and O–H groups in total. The Labute approximate surface area is 111 Å². The molecule has 0 aliphatic carbocycles. The van der Waals surface area contributed by atoms with E-state index in [0.29, 0.717) is 6.10 Å². The second-order valence-corrected chi connectivity index (χ2v) is 6.19. The van der Waals surface area contributed by atoms with Crippen molar-refractivity contribution >= 4 is 0 Å². The van der Waals surface area contributed by atoms with Crippen LogP contribution in [0.5, 0.6) is 0 Å². The number of nitrogens with two attached hydrogens (primary N) is 1. The number of likely N-dealkylation sites (N-methyl/N-ethyl adjacent to an activating group) is 1. The molecule has 2 fully saturated rings. The summed E-state index contributed by atoms with van der Waals surface area (Å²) < 4.78 is 5.68. The summed E-state index contributed by atoms with van der Waals surface area (Å²) in [7, 11) is 2.23. The molecule has 0 saturated carbocycles. The Balaban J connectivity index is 1.93. The van der Waals surface area contributed by atoms with E-state index in [-0.39, 0.29) is 5.54 Å². The average molecular weight is 255 g/mol. The number of rotatable bonds is 6. The highest BCUT2D eigenvalue weighted by atomic mass is 16.5. The Morgan fingerprint density at radius 3 is 2.89 bits per heavy atom. The first-order valence-corrected chi connectivity index (χ1v) is 7.34. The summed E-state index contributed by atoms with van der Waals surface area (Å²) in [6.07, 6.45) is 2.85. The molecular weight excluding hydrogens is 226 g/mol. The predicted molar refractivity (Wildman–Crippen MR) is 74.7 cm³/mol. The van der Waals surface area contributed by atoms with Gasteiger partial charge in [-0.2, -0.15) is 0 Å². The van der Waals surface area contributed by atoms with Crippen molar-refractivity contribution in [2.45, 2.75) is 38.3 Å². The van der Waals surface area contributed by atoms with Gasteiger partial charge in [-0.1, -0.05) is 0 Å². The molecule has 0 radical (unpaired) electrons. The fourth-order valence-electron chi connectivity index (χ4n) is 3.61. The Morgan fingerprint density at radius 1 is 1.44 bits per heavy atom. The SMILES string of the molecule is CC(C)OCCN(C)C1(CN)CCN2CCC1C2. The van der Waals surface area contributed by atoms with Crippen molar-refractivity contribution < 1.29 is 4.74 Å². The zero-order valence-electron chi connectivity index (χ0n) is 12.2. The monoisotopic (exact) mass is 255 g/mol. The van der Waals surface area contributed by atoms with Crippen molar-refractivity contribution in [1.82, 2.24) is 9.80 Å². The second-order valence-electron chi connectivity index (χ2n) is 6.19. The lowest BCUT2D eigenvalue weighted by atomic mass is 9.77. The smallest absolute Gasteiger partial charge is 0.0597 e. The largest absolute Gasteiger partial charge is 0.377 e. The van der Waals surface area contributed by atoms with Crippen LogP contribution in [0.2, 0.25) is 0 Å². The highest BCUT2D eigenvalue weighted by molar-refractivity contribution is 5.04. The van der Waals surface area contributed by atoms with Crippen LogP contribution in [0.25, 0.3) is 0 Å². The van der Waals surface area contributed by atoms with Crippen molar-refractivity contribution in [3.05, 3.63) is 0 Å². The van der Waals surface area contributed by atoms with Gasteiger partial charge in [0.2, 0.25) is 0 Å². The highest BCUT2D eigenvalue weighted by Gasteiger charge is 2.47. The van der Waals surface area contributed by atoms with E-state index in [1.807, 2.05) is 0 Å². The number of hydrogen-bond donors (Lipinski definition) is 1. The first kappa shape index (κ1) is 14.3. The van der Waals surface area contributed by atoms with Gasteiger partial charge in [-0.15, -0.1) is 0 Å². The maximum Gasteiger partial charge on any atom is 0.0597 e. The van der Waals surface area contributed by atoms with E-state index in [2.05, 4.69) is 30.7 Å². The third-order valence-electron chi connectivity index (χ3n) is 4.88. The van der Waals surface area contributed by atoms with E-state index in [0.717, 1.165) is 25.6 Å². The van der Waals surface area contributed by atoms with Crippen molar-refractivity contribution in [1.29, 1.82) is 0 Å². The molecule has 0 aromatic rings. The molecule has 3 atom stereocenters. The summed E-state index contributed by atoms with van der Waals surface area (Å²) in [5.74, 6) is 0.750. The van der Waals surface area contributed by atoms with E-state index in [9.17, 15) is 0 Å². The molecule has 2 saturated heterocycles. The third kappa shape index (κ3) is 2.72. The first-order chi connectivity index (χ1) is 8.58. The summed E-state index contributed by atoms with van der Waals surface area (Å²) in [5.41, 5.74) is 6.37. The Hall–Kier alpha value is -0.160. The molecule has 18 heavy (non-hydrogen) atoms. The van der Waals surface area contributed by atoms with Crippen molar-refractivity contribution in [3.63, 3.8) is 0 Å². The van der Waals surface area contributed by atoms with Crippen LogP contribution in [0.1, 0.15) is 26.7 Å². The molecule has 0 aromatic heterocycles. The van der Waals surface area contributed by atoms with Crippen LogP contribution in [-0.2, 0) is 4.74 Å². The topological polar surface area (TPSA) is 41.7 Å². The van der Waals surface area contributed by atoms with E-state index in [1.54, 1.807) is 0 Å². The lowest BCUT2D eigenvalue weighted by Crippen LogP contribution is -2.61. The van der Waals surface area contributed by atoms with Gasteiger partial charge in [0, 0.05) is 25.2 Å². The van der Waals surface area contributed by atoms with E-state index in [1.165, 1.54) is 32.5 Å². The zero-order chi connectivity index (χ0) is 13.2. The van der Waals surface area contributed by atoms with Crippen LogP contribution in [0.3, 0.4) is 0 Å². The molecule has 2 aliphatic heterocycles. The Bertz CT molecular complexity index is 272. The lowest BCUT2D eigenvalue weighted by molar-refractivity contribution is -0.00538. The van der Waals surface area contributed by atoms with Crippen LogP contribution in [0, 0.1) is 5.92 Å². The van der Waals surface area contributed by atoms with Gasteiger partial charge in [-0.3, -0.25) is 4.90 Å². The fourth-order valence-corrected chi connectivity index (χ4v) is 3.61. The number of piperidine rings is 1. The summed E-state index contributed by atoms with van der Waals surface area (Å²) in [4.78, 5) is 5.06. The summed E-state index contributed by atoms with van der Waals surface area (Å²) in [6, 6.07) is 0. The molecule has 2 heterocycles. The highest BCUT2D eigenvalue weighted by Crippen LogP contribution is 2.38. The molecule has 0 amide bonds. The van der Waals surface area contributed by atoms with Gasteiger partial charge in [0.1, 0.15) is 0 Å². The van der Waals surface area contributed by atoms with Crippen molar-refractivity contribution in [2.24, 2.45) is 11.7 Å². The van der Waals surface area contributed by atoms with Crippen LogP contribution in [0.4, 0.5) is 0 Å². The van der Waals surface area contributed by atoms with Crippen LogP contribution in [0.15, 0.2) is 0 Å². The molecule has 3 unspecified atom stereocenters. The summed E-state index contributed by atoms with van der Waals surface area (Å²) >= 11 is 0. The minimum absolute atomic E-state index is 0.216. The molecule has 4 heteroatoms. The number of nitrogens with zero attached hydrogens (tertiary/aromatic N) is 2. The maximum absolute atomic E-state index is 6.15. The van der Waals surface area contributed by atoms with Gasteiger partial charge in [-0.25, -0.2) is 0 Å². The standard InChI is InChI=1S/C14H29N3O/c1-12(2)18-9-8-16(3)14(11-15)5-7-17-6-4-13(14)10-17/h12-13H,4-11,15H2,1-3H3. The molecule has 4 nitrogen and oxygen atoms in total. The van der Waals surface area contributed by atoms with Gasteiger partial charge in [0.15, 0.2) is 0 Å². The summed E-state index contributed by atoms with van der Waals surface area (Å²) in [6.45, 7) is 10.5. The minimum atomic E-state index is 0.216. The van der Waals surface area contributed by atoms with Gasteiger partial charge in [0.25, 0.3) is 0 Å². The second kappa shape index (κ2) is 5.87. The van der Waals surface area contributed by atoms with Crippen LogP contribution < -0.4 is 5.73 Å². The maximum atomic E-state index is 6.15. The minimum Gasteiger partial charge on any atom is -0.377 e. The van der Waals surface area contributed by atoms with E-state index in [4.69, 9.17) is 10.5 Å². The van der Waals surface area contributed by atoms with Crippen molar-refractivity contribution in [2.75, 3.05) is 46.4 Å². The van der Waals surface area contributed by atoms with Gasteiger partial charge < -0.3 is 15.4 Å². The van der Waals surface area contributed by atoms with Crippen LogP contribution in [-0.4, -0.2) is 67.8 Å². The summed E-state index contributed by atoms with van der Waals surface area (Å²) in [5, 5.41) is 0. The average Bonchev–Trinajstić information content (AvgIpc) is 2.73. The number of fused-ring (bicyclic) bond motifs is 2. The first-order valence-electron chi connectivity index (χ1n) is 7.34. The van der Waals surface area contributed by atoms with Gasteiger partial charge >= 0.3 is 0 Å². The van der Waals surface area contributed by atoms with E-state index >= 15 is 0 Å². The number of hydrogen-bond acceptors (Lipinski definition) is 4. The van der Waals surface area contributed by atoms with Gasteiger partial charge in [-0.05, 0) is 52.7 Å². The van der Waals surface area contributed by atoms with Crippen molar-refractivity contribution in [3.8, 4) is 0 Å². The van der Waals surface area contributed by atoms with Crippen LogP contribution >= 0.6 is 0 Å². The predicted octanol–water partition coefficient (Wildman–Crippen LogP) is 0.766. The Morgan fingerprint density at radius 2 is 2.22 bits per heavy atom. The van der Waals surface area contributed by atoms with E-state index < -0.39 is 0 Å². The normalized spacial score (nSPS) is 35.7. The molecular formula is C14H29N3O. The molecule has 2 bridgehead atoms. The zero-order valence-corrected chi connectivity index (χ0v) is 12.2. The molecule has 106 valence electrons. The molecule has 2 rings (SSSR count). The molecule has 0 aromatic carbocycles. The molecule has 0 spiro atoms. The van der Waals surface area contributed by atoms with Gasteiger partial charge in [0.05, 0.1) is 12.7 Å². The lowest BCUT2D eigenvalue weighted by Gasteiger charge is -2.48. The fraction of sp³-hybridized carbons (Fsp3) is 1.00.